The Hall–Kier alpha value is -2.82. The molecule has 0 saturated heterocycles. The lowest BCUT2D eigenvalue weighted by atomic mass is 10.1. The van der Waals surface area contributed by atoms with Crippen LogP contribution in [0.2, 0.25) is 0 Å². The van der Waals surface area contributed by atoms with Crippen LogP contribution in [0.5, 0.6) is 0 Å². The third-order valence-corrected chi connectivity index (χ3v) is 3.51. The lowest BCUT2D eigenvalue weighted by Gasteiger charge is -2.21. The molecular weight excluding hydrogens is 297 g/mol. The van der Waals surface area contributed by atoms with Gasteiger partial charge in [0, 0.05) is 0 Å². The number of rotatable bonds is 6. The number of halogens is 1. The molecule has 0 unspecified atom stereocenters. The fraction of sp³-hybridized carbons (Fsp3) is 0.167. The van der Waals surface area contributed by atoms with Crippen LogP contribution in [-0.4, -0.2) is 10.8 Å². The van der Waals surface area contributed by atoms with Gasteiger partial charge in [0.1, 0.15) is 17.3 Å². The maximum atomic E-state index is 13.8. The van der Waals surface area contributed by atoms with Gasteiger partial charge in [-0.25, -0.2) is 4.39 Å². The van der Waals surface area contributed by atoms with E-state index in [-0.39, 0.29) is 18.1 Å². The van der Waals surface area contributed by atoms with Gasteiger partial charge in [-0.15, -0.1) is 0 Å². The van der Waals surface area contributed by atoms with Gasteiger partial charge in [-0.05, 0) is 35.9 Å². The first-order chi connectivity index (χ1) is 11.2. The molecule has 0 saturated carbocycles. The van der Waals surface area contributed by atoms with Crippen LogP contribution >= 0.6 is 0 Å². The SMILES string of the molecule is O=C(Cc1ccccc1F)N(Cc1ccco1)Cc1ccco1. The average Bonchev–Trinajstić information content (AvgIpc) is 3.22. The third-order valence-electron chi connectivity index (χ3n) is 3.51. The first-order valence-electron chi connectivity index (χ1n) is 7.28. The van der Waals surface area contributed by atoms with E-state index in [1.54, 1.807) is 59.9 Å². The van der Waals surface area contributed by atoms with Crippen molar-refractivity contribution in [3.8, 4) is 0 Å². The van der Waals surface area contributed by atoms with Gasteiger partial charge in [-0.2, -0.15) is 0 Å². The Kier molecular flexibility index (Phi) is 4.57. The summed E-state index contributed by atoms with van der Waals surface area (Å²) in [5, 5.41) is 0. The third kappa shape index (κ3) is 3.88. The molecule has 2 aromatic heterocycles. The standard InChI is InChI=1S/C18H16FNO3/c19-17-8-2-1-5-14(17)11-18(21)20(12-15-6-3-9-22-15)13-16-7-4-10-23-16/h1-10H,11-13H2. The number of benzene rings is 1. The Bertz CT molecular complexity index is 714. The second kappa shape index (κ2) is 6.96. The lowest BCUT2D eigenvalue weighted by Crippen LogP contribution is -2.31. The second-order valence-electron chi connectivity index (χ2n) is 5.18. The minimum Gasteiger partial charge on any atom is -0.467 e. The molecule has 23 heavy (non-hydrogen) atoms. The summed E-state index contributed by atoms with van der Waals surface area (Å²) < 4.78 is 24.4. The number of nitrogens with zero attached hydrogens (tertiary/aromatic N) is 1. The molecule has 0 fully saturated rings. The molecule has 0 radical (unpaired) electrons. The summed E-state index contributed by atoms with van der Waals surface area (Å²) in [5.41, 5.74) is 0.376. The molecule has 0 aliphatic heterocycles. The van der Waals surface area contributed by atoms with E-state index >= 15 is 0 Å². The zero-order valence-corrected chi connectivity index (χ0v) is 12.4. The number of hydrogen-bond acceptors (Lipinski definition) is 3. The molecule has 0 atom stereocenters. The highest BCUT2D eigenvalue weighted by atomic mass is 19.1. The molecule has 0 N–H and O–H groups in total. The topological polar surface area (TPSA) is 46.6 Å². The Balaban J connectivity index is 1.76. The molecule has 5 heteroatoms. The van der Waals surface area contributed by atoms with Crippen molar-refractivity contribution in [1.82, 2.24) is 4.90 Å². The quantitative estimate of drug-likeness (QED) is 0.695. The van der Waals surface area contributed by atoms with Gasteiger partial charge in [0.15, 0.2) is 0 Å². The van der Waals surface area contributed by atoms with Crippen molar-refractivity contribution in [3.05, 3.63) is 84.0 Å². The second-order valence-corrected chi connectivity index (χ2v) is 5.18. The van der Waals surface area contributed by atoms with Crippen molar-refractivity contribution < 1.29 is 18.0 Å². The van der Waals surface area contributed by atoms with Crippen LogP contribution < -0.4 is 0 Å². The molecule has 1 aromatic carbocycles. The highest BCUT2D eigenvalue weighted by molar-refractivity contribution is 5.78. The van der Waals surface area contributed by atoms with Crippen LogP contribution in [-0.2, 0) is 24.3 Å². The number of furan rings is 2. The molecule has 1 amide bonds. The smallest absolute Gasteiger partial charge is 0.227 e. The van der Waals surface area contributed by atoms with E-state index in [0.717, 1.165) is 0 Å². The summed E-state index contributed by atoms with van der Waals surface area (Å²) in [7, 11) is 0. The van der Waals surface area contributed by atoms with E-state index in [1.165, 1.54) is 6.07 Å². The van der Waals surface area contributed by atoms with E-state index in [0.29, 0.717) is 30.2 Å². The largest absolute Gasteiger partial charge is 0.467 e. The summed E-state index contributed by atoms with van der Waals surface area (Å²) in [6.07, 6.45) is 3.11. The molecule has 3 aromatic rings. The highest BCUT2D eigenvalue weighted by Crippen LogP contribution is 2.15. The molecule has 0 aliphatic carbocycles. The van der Waals surface area contributed by atoms with Gasteiger partial charge < -0.3 is 13.7 Å². The monoisotopic (exact) mass is 313 g/mol. The molecule has 2 heterocycles. The Labute approximate surface area is 133 Å². The molecular formula is C18H16FNO3. The van der Waals surface area contributed by atoms with Crippen LogP contribution in [0, 0.1) is 5.82 Å². The predicted molar refractivity (Wildman–Crippen MR) is 81.8 cm³/mol. The summed E-state index contributed by atoms with van der Waals surface area (Å²) in [6.45, 7) is 0.613. The normalized spacial score (nSPS) is 10.7. The van der Waals surface area contributed by atoms with E-state index in [1.807, 2.05) is 0 Å². The fourth-order valence-corrected chi connectivity index (χ4v) is 2.33. The number of carbonyl (C=O) groups excluding carboxylic acids is 1. The van der Waals surface area contributed by atoms with E-state index in [4.69, 9.17) is 8.83 Å². The lowest BCUT2D eigenvalue weighted by molar-refractivity contribution is -0.132. The Morgan fingerprint density at radius 1 is 0.913 bits per heavy atom. The fourth-order valence-electron chi connectivity index (χ4n) is 2.33. The number of carbonyl (C=O) groups is 1. The summed E-state index contributed by atoms with van der Waals surface area (Å²) in [4.78, 5) is 14.2. The van der Waals surface area contributed by atoms with E-state index in [2.05, 4.69) is 0 Å². The molecule has 3 rings (SSSR count). The number of hydrogen-bond donors (Lipinski definition) is 0. The van der Waals surface area contributed by atoms with Crippen molar-refractivity contribution in [2.75, 3.05) is 0 Å². The van der Waals surface area contributed by atoms with Crippen molar-refractivity contribution in [3.63, 3.8) is 0 Å². The van der Waals surface area contributed by atoms with Crippen LogP contribution in [0.25, 0.3) is 0 Å². The molecule has 118 valence electrons. The highest BCUT2D eigenvalue weighted by Gasteiger charge is 2.18. The maximum absolute atomic E-state index is 13.8. The molecule has 4 nitrogen and oxygen atoms in total. The summed E-state index contributed by atoms with van der Waals surface area (Å²) >= 11 is 0. The minimum absolute atomic E-state index is 0.00586. The van der Waals surface area contributed by atoms with Crippen LogP contribution in [0.4, 0.5) is 4.39 Å². The van der Waals surface area contributed by atoms with Gasteiger partial charge in [0.05, 0.1) is 32.0 Å². The summed E-state index contributed by atoms with van der Waals surface area (Å²) in [6, 6.07) is 13.4. The molecule has 0 spiro atoms. The van der Waals surface area contributed by atoms with Crippen molar-refractivity contribution >= 4 is 5.91 Å². The van der Waals surface area contributed by atoms with Crippen molar-refractivity contribution in [2.24, 2.45) is 0 Å². The van der Waals surface area contributed by atoms with Gasteiger partial charge in [0.25, 0.3) is 0 Å². The minimum atomic E-state index is -0.378. The zero-order chi connectivity index (χ0) is 16.1. The van der Waals surface area contributed by atoms with Crippen molar-refractivity contribution in [1.29, 1.82) is 0 Å². The van der Waals surface area contributed by atoms with E-state index < -0.39 is 0 Å². The van der Waals surface area contributed by atoms with Gasteiger partial charge >= 0.3 is 0 Å². The Morgan fingerprint density at radius 2 is 1.52 bits per heavy atom. The average molecular weight is 313 g/mol. The first-order valence-corrected chi connectivity index (χ1v) is 7.28. The number of amides is 1. The van der Waals surface area contributed by atoms with Gasteiger partial charge in [-0.3, -0.25) is 4.79 Å². The maximum Gasteiger partial charge on any atom is 0.227 e. The van der Waals surface area contributed by atoms with E-state index in [9.17, 15) is 9.18 Å². The Morgan fingerprint density at radius 3 is 2.04 bits per heavy atom. The van der Waals surface area contributed by atoms with Gasteiger partial charge in [0.2, 0.25) is 5.91 Å². The van der Waals surface area contributed by atoms with Crippen LogP contribution in [0.1, 0.15) is 17.1 Å². The van der Waals surface area contributed by atoms with Crippen molar-refractivity contribution in [2.45, 2.75) is 19.5 Å². The predicted octanol–water partition coefficient (Wildman–Crippen LogP) is 3.78. The van der Waals surface area contributed by atoms with Gasteiger partial charge in [-0.1, -0.05) is 18.2 Å². The zero-order valence-electron chi connectivity index (χ0n) is 12.4. The first kappa shape index (κ1) is 15.1. The van der Waals surface area contributed by atoms with Crippen LogP contribution in [0.3, 0.4) is 0 Å². The molecule has 0 aliphatic rings. The van der Waals surface area contributed by atoms with Crippen LogP contribution in [0.15, 0.2) is 69.9 Å². The summed E-state index contributed by atoms with van der Waals surface area (Å²) in [5.74, 6) is 0.761. The molecule has 0 bridgehead atoms.